The molecule has 0 aliphatic heterocycles. The predicted octanol–water partition coefficient (Wildman–Crippen LogP) is 4.41. The maximum Gasteiger partial charge on any atom is 0.0843 e. The second-order valence-corrected chi connectivity index (χ2v) is 10.3. The Morgan fingerprint density at radius 3 is 2.35 bits per heavy atom. The van der Waals surface area contributed by atoms with E-state index < -0.39 is 10.3 Å². The van der Waals surface area contributed by atoms with Crippen LogP contribution in [0.2, 0.25) is 0 Å². The van der Waals surface area contributed by atoms with Crippen LogP contribution in [0.5, 0.6) is 0 Å². The summed E-state index contributed by atoms with van der Waals surface area (Å²) in [5.41, 5.74) is 3.62. The lowest BCUT2D eigenvalue weighted by Crippen LogP contribution is -2.25. The Labute approximate surface area is 125 Å². The monoisotopic (exact) mass is 296 g/mol. The third-order valence-corrected chi connectivity index (χ3v) is 7.41. The van der Waals surface area contributed by atoms with E-state index in [0.29, 0.717) is 12.3 Å². The lowest BCUT2D eigenvalue weighted by molar-refractivity contribution is 0.339. The highest BCUT2D eigenvalue weighted by atomic mass is 32.3. The van der Waals surface area contributed by atoms with E-state index in [0.717, 1.165) is 16.8 Å². The van der Waals surface area contributed by atoms with Gasteiger partial charge in [0.15, 0.2) is 0 Å². The van der Waals surface area contributed by atoms with Crippen molar-refractivity contribution in [1.82, 2.24) is 0 Å². The van der Waals surface area contributed by atoms with Gasteiger partial charge in [0.1, 0.15) is 0 Å². The van der Waals surface area contributed by atoms with E-state index >= 15 is 0 Å². The lowest BCUT2D eigenvalue weighted by Gasteiger charge is -2.43. The fourth-order valence-corrected chi connectivity index (χ4v) is 2.39. The Kier molecular flexibility index (Phi) is 5.27. The zero-order chi connectivity index (χ0) is 15.6. The van der Waals surface area contributed by atoms with Crippen LogP contribution >= 0.6 is 10.3 Å². The van der Waals surface area contributed by atoms with E-state index in [4.69, 9.17) is 9.59 Å². The smallest absolute Gasteiger partial charge is 0.0843 e. The molecule has 0 spiro atoms. The van der Waals surface area contributed by atoms with Crippen molar-refractivity contribution in [2.24, 2.45) is 0 Å². The van der Waals surface area contributed by atoms with Gasteiger partial charge in [-0.15, -0.1) is 10.3 Å². The number of rotatable bonds is 5. The SMILES string of the molecule is CNc1ccc(COS(C)(C)C(C)(C)C)cc1C(C)=N. The van der Waals surface area contributed by atoms with Crippen LogP contribution in [0, 0.1) is 5.41 Å². The summed E-state index contributed by atoms with van der Waals surface area (Å²) < 4.78 is 6.35. The largest absolute Gasteiger partial charge is 0.388 e. The van der Waals surface area contributed by atoms with E-state index in [1.807, 2.05) is 26.1 Å². The fraction of sp³-hybridized carbons (Fsp3) is 0.562. The van der Waals surface area contributed by atoms with Gasteiger partial charge in [0, 0.05) is 28.8 Å². The van der Waals surface area contributed by atoms with Crippen LogP contribution < -0.4 is 5.32 Å². The highest BCUT2D eigenvalue weighted by molar-refractivity contribution is 8.29. The van der Waals surface area contributed by atoms with E-state index in [2.05, 4.69) is 44.7 Å². The van der Waals surface area contributed by atoms with Crippen LogP contribution in [0.25, 0.3) is 0 Å². The van der Waals surface area contributed by atoms with Gasteiger partial charge in [0.25, 0.3) is 0 Å². The normalized spacial score (nSPS) is 13.2. The van der Waals surface area contributed by atoms with E-state index in [9.17, 15) is 0 Å². The highest BCUT2D eigenvalue weighted by Gasteiger charge is 2.28. The zero-order valence-electron chi connectivity index (χ0n) is 13.8. The highest BCUT2D eigenvalue weighted by Crippen LogP contribution is 2.54. The molecular weight excluding hydrogens is 268 g/mol. The molecule has 0 radical (unpaired) electrons. The van der Waals surface area contributed by atoms with E-state index in [1.54, 1.807) is 0 Å². The van der Waals surface area contributed by atoms with Crippen molar-refractivity contribution in [3.05, 3.63) is 29.3 Å². The summed E-state index contributed by atoms with van der Waals surface area (Å²) in [6.45, 7) is 9.08. The van der Waals surface area contributed by atoms with Gasteiger partial charge in [-0.1, -0.05) is 26.8 Å². The minimum atomic E-state index is -1.11. The second kappa shape index (κ2) is 6.19. The molecule has 1 aromatic rings. The molecule has 3 nitrogen and oxygen atoms in total. The lowest BCUT2D eigenvalue weighted by atomic mass is 10.1. The molecule has 1 aromatic carbocycles. The molecule has 0 unspecified atom stereocenters. The van der Waals surface area contributed by atoms with Gasteiger partial charge in [0.2, 0.25) is 0 Å². The number of nitrogens with one attached hydrogen (secondary N) is 2. The summed E-state index contributed by atoms with van der Waals surface area (Å²) in [4.78, 5) is 0. The molecule has 0 bridgehead atoms. The molecular formula is C16H28N2OS. The molecule has 0 aliphatic rings. The van der Waals surface area contributed by atoms with Gasteiger partial charge >= 0.3 is 0 Å². The maximum absolute atomic E-state index is 7.85. The van der Waals surface area contributed by atoms with Crippen molar-refractivity contribution < 1.29 is 4.18 Å². The van der Waals surface area contributed by atoms with Crippen LogP contribution in [0.1, 0.15) is 38.8 Å². The minimum absolute atomic E-state index is 0.165. The summed E-state index contributed by atoms with van der Waals surface area (Å²) in [5, 5.41) is 11.0. The minimum Gasteiger partial charge on any atom is -0.388 e. The first-order chi connectivity index (χ1) is 9.08. The van der Waals surface area contributed by atoms with Gasteiger partial charge in [-0.3, -0.25) is 0 Å². The first-order valence-corrected chi connectivity index (χ1v) is 9.19. The Bertz CT molecular complexity index is 490. The van der Waals surface area contributed by atoms with Crippen LogP contribution in [0.15, 0.2) is 18.2 Å². The zero-order valence-corrected chi connectivity index (χ0v) is 14.6. The molecule has 114 valence electrons. The van der Waals surface area contributed by atoms with Crippen molar-refractivity contribution in [3.8, 4) is 0 Å². The topological polar surface area (TPSA) is 45.1 Å². The van der Waals surface area contributed by atoms with Gasteiger partial charge < -0.3 is 14.9 Å². The third-order valence-electron chi connectivity index (χ3n) is 3.75. The Balaban J connectivity index is 2.90. The van der Waals surface area contributed by atoms with Crippen molar-refractivity contribution in [2.75, 3.05) is 24.9 Å². The molecule has 1 rings (SSSR count). The Morgan fingerprint density at radius 1 is 1.30 bits per heavy atom. The van der Waals surface area contributed by atoms with Gasteiger partial charge in [-0.05, 0) is 37.1 Å². The average Bonchev–Trinajstić information content (AvgIpc) is 2.34. The summed E-state index contributed by atoms with van der Waals surface area (Å²) >= 11 is 0. The number of hydrogen-bond donors (Lipinski definition) is 2. The van der Waals surface area contributed by atoms with Crippen molar-refractivity contribution in [3.63, 3.8) is 0 Å². The van der Waals surface area contributed by atoms with E-state index in [1.165, 1.54) is 0 Å². The molecule has 0 amide bonds. The Morgan fingerprint density at radius 2 is 1.90 bits per heavy atom. The predicted molar refractivity (Wildman–Crippen MR) is 92.5 cm³/mol. The van der Waals surface area contributed by atoms with Gasteiger partial charge in [-0.2, -0.15) is 0 Å². The summed E-state index contributed by atoms with van der Waals surface area (Å²) in [5.74, 6) is 0. The van der Waals surface area contributed by atoms with Crippen LogP contribution in [0.4, 0.5) is 5.69 Å². The average molecular weight is 296 g/mol. The van der Waals surface area contributed by atoms with Crippen LogP contribution in [-0.4, -0.2) is 30.0 Å². The van der Waals surface area contributed by atoms with Gasteiger partial charge in [-0.25, -0.2) is 0 Å². The van der Waals surface area contributed by atoms with Gasteiger partial charge in [0.05, 0.1) is 6.61 Å². The molecule has 0 aliphatic carbocycles. The van der Waals surface area contributed by atoms with Crippen LogP contribution in [-0.2, 0) is 10.8 Å². The molecule has 0 aromatic heterocycles. The standard InChI is InChI=1S/C16H28N2OS/c1-12(17)14-10-13(8-9-15(14)18-5)11-19-20(6,7)16(2,3)4/h8-10,17-18H,11H2,1-7H3. The maximum atomic E-state index is 7.85. The number of anilines is 1. The fourth-order valence-electron chi connectivity index (χ4n) is 1.60. The first-order valence-electron chi connectivity index (χ1n) is 6.82. The summed E-state index contributed by atoms with van der Waals surface area (Å²) in [6.07, 6.45) is 4.41. The quantitative estimate of drug-likeness (QED) is 0.790. The first kappa shape index (κ1) is 17.1. The summed E-state index contributed by atoms with van der Waals surface area (Å²) in [6, 6.07) is 6.13. The molecule has 2 N–H and O–H groups in total. The Hall–Kier alpha value is -1.00. The second-order valence-electron chi connectivity index (χ2n) is 6.36. The van der Waals surface area contributed by atoms with Crippen molar-refractivity contribution in [2.45, 2.75) is 39.0 Å². The molecule has 0 heterocycles. The number of hydrogen-bond acceptors (Lipinski definition) is 3. The van der Waals surface area contributed by atoms with Crippen LogP contribution in [0.3, 0.4) is 0 Å². The molecule has 0 fully saturated rings. The molecule has 0 saturated carbocycles. The van der Waals surface area contributed by atoms with Crippen molar-refractivity contribution >= 4 is 21.7 Å². The number of benzene rings is 1. The third kappa shape index (κ3) is 4.00. The molecule has 4 heteroatoms. The van der Waals surface area contributed by atoms with E-state index in [-0.39, 0.29) is 4.75 Å². The summed E-state index contributed by atoms with van der Waals surface area (Å²) in [7, 11) is 0.766. The molecule has 0 saturated heterocycles. The molecule has 20 heavy (non-hydrogen) atoms. The molecule has 0 atom stereocenters. The van der Waals surface area contributed by atoms with Crippen molar-refractivity contribution in [1.29, 1.82) is 5.41 Å².